The molecule has 0 heterocycles. The van der Waals surface area contributed by atoms with Crippen LogP contribution in [0.2, 0.25) is 0 Å². The molecule has 0 aliphatic carbocycles. The molecule has 1 aromatic carbocycles. The number of nitrogens with zero attached hydrogens (tertiary/aromatic N) is 1. The Morgan fingerprint density at radius 1 is 1.53 bits per heavy atom. The third-order valence-electron chi connectivity index (χ3n) is 2.29. The van der Waals surface area contributed by atoms with Crippen LogP contribution in [0.25, 0.3) is 0 Å². The van der Waals surface area contributed by atoms with Crippen molar-refractivity contribution < 1.29 is 10.0 Å². The SMILES string of the molecule is CCCCC#CC(O)c1cccc([N+](=O)[O-])c1. The van der Waals surface area contributed by atoms with Crippen LogP contribution < -0.4 is 0 Å². The lowest BCUT2D eigenvalue weighted by atomic mass is 10.1. The molecule has 0 saturated heterocycles. The van der Waals surface area contributed by atoms with Crippen molar-refractivity contribution in [3.63, 3.8) is 0 Å². The summed E-state index contributed by atoms with van der Waals surface area (Å²) in [6.45, 7) is 2.07. The molecule has 0 bridgehead atoms. The van der Waals surface area contributed by atoms with Crippen molar-refractivity contribution in [1.29, 1.82) is 0 Å². The Balaban J connectivity index is 2.73. The number of nitro groups is 1. The van der Waals surface area contributed by atoms with E-state index in [9.17, 15) is 15.2 Å². The molecule has 0 spiro atoms. The van der Waals surface area contributed by atoms with Crippen LogP contribution in [-0.2, 0) is 0 Å². The summed E-state index contributed by atoms with van der Waals surface area (Å²) >= 11 is 0. The molecular weight excluding hydrogens is 218 g/mol. The molecule has 0 aliphatic heterocycles. The van der Waals surface area contributed by atoms with E-state index in [2.05, 4.69) is 18.8 Å². The van der Waals surface area contributed by atoms with E-state index < -0.39 is 11.0 Å². The van der Waals surface area contributed by atoms with Gasteiger partial charge in [-0.05, 0) is 12.0 Å². The lowest BCUT2D eigenvalue weighted by Gasteiger charge is -2.02. The minimum atomic E-state index is -0.952. The summed E-state index contributed by atoms with van der Waals surface area (Å²) < 4.78 is 0. The lowest BCUT2D eigenvalue weighted by molar-refractivity contribution is -0.385. The van der Waals surface area contributed by atoms with Gasteiger partial charge in [0.05, 0.1) is 4.92 Å². The molecule has 1 rings (SSSR count). The van der Waals surface area contributed by atoms with Crippen molar-refractivity contribution in [2.45, 2.75) is 32.3 Å². The molecule has 1 atom stereocenters. The van der Waals surface area contributed by atoms with Crippen LogP contribution in [-0.4, -0.2) is 10.0 Å². The predicted molar refractivity (Wildman–Crippen MR) is 65.4 cm³/mol. The van der Waals surface area contributed by atoms with Crippen LogP contribution in [0.5, 0.6) is 0 Å². The molecule has 0 aromatic heterocycles. The third kappa shape index (κ3) is 4.25. The van der Waals surface area contributed by atoms with Crippen molar-refractivity contribution >= 4 is 5.69 Å². The minimum Gasteiger partial charge on any atom is -0.376 e. The van der Waals surface area contributed by atoms with Gasteiger partial charge >= 0.3 is 0 Å². The highest BCUT2D eigenvalue weighted by molar-refractivity contribution is 5.37. The normalized spacial score (nSPS) is 11.4. The summed E-state index contributed by atoms with van der Waals surface area (Å²) in [5, 5.41) is 20.3. The largest absolute Gasteiger partial charge is 0.376 e. The second-order valence-corrected chi connectivity index (χ2v) is 3.68. The lowest BCUT2D eigenvalue weighted by Crippen LogP contribution is -1.95. The van der Waals surface area contributed by atoms with Gasteiger partial charge in [-0.1, -0.05) is 31.4 Å². The molecule has 1 aromatic rings. The Morgan fingerprint density at radius 2 is 2.29 bits per heavy atom. The first kappa shape index (κ1) is 13.2. The van der Waals surface area contributed by atoms with Gasteiger partial charge < -0.3 is 5.11 Å². The average Bonchev–Trinajstić information content (AvgIpc) is 2.34. The Hall–Kier alpha value is -1.86. The van der Waals surface area contributed by atoms with E-state index in [1.165, 1.54) is 12.1 Å². The van der Waals surface area contributed by atoms with Gasteiger partial charge in [0, 0.05) is 18.6 Å². The van der Waals surface area contributed by atoms with Crippen LogP contribution in [0.1, 0.15) is 37.9 Å². The number of benzene rings is 1. The Bertz CT molecular complexity index is 445. The van der Waals surface area contributed by atoms with Gasteiger partial charge in [-0.15, -0.1) is 5.92 Å². The van der Waals surface area contributed by atoms with E-state index in [-0.39, 0.29) is 5.69 Å². The Morgan fingerprint density at radius 3 is 2.94 bits per heavy atom. The maximum absolute atomic E-state index is 10.6. The summed E-state index contributed by atoms with van der Waals surface area (Å²) in [6.07, 6.45) is 1.84. The zero-order valence-electron chi connectivity index (χ0n) is 9.72. The second-order valence-electron chi connectivity index (χ2n) is 3.68. The molecular formula is C13H15NO3. The van der Waals surface area contributed by atoms with Crippen LogP contribution >= 0.6 is 0 Å². The van der Waals surface area contributed by atoms with Gasteiger partial charge in [0.1, 0.15) is 6.10 Å². The fraction of sp³-hybridized carbons (Fsp3) is 0.385. The van der Waals surface area contributed by atoms with Crippen molar-refractivity contribution in [1.82, 2.24) is 0 Å². The van der Waals surface area contributed by atoms with E-state index in [4.69, 9.17) is 0 Å². The number of hydrogen-bond acceptors (Lipinski definition) is 3. The molecule has 0 radical (unpaired) electrons. The molecule has 4 heteroatoms. The molecule has 0 saturated carbocycles. The predicted octanol–water partition coefficient (Wildman–Crippen LogP) is 2.82. The Kier molecular flexibility index (Phi) is 5.18. The fourth-order valence-electron chi connectivity index (χ4n) is 1.33. The van der Waals surface area contributed by atoms with E-state index in [0.29, 0.717) is 5.56 Å². The van der Waals surface area contributed by atoms with E-state index in [0.717, 1.165) is 19.3 Å². The van der Waals surface area contributed by atoms with E-state index in [1.54, 1.807) is 12.1 Å². The molecule has 17 heavy (non-hydrogen) atoms. The van der Waals surface area contributed by atoms with Crippen LogP contribution in [0.15, 0.2) is 24.3 Å². The summed E-state index contributed by atoms with van der Waals surface area (Å²) in [7, 11) is 0. The molecule has 0 amide bonds. The van der Waals surface area contributed by atoms with Gasteiger partial charge in [0.2, 0.25) is 0 Å². The smallest absolute Gasteiger partial charge is 0.269 e. The zero-order valence-corrected chi connectivity index (χ0v) is 9.72. The molecule has 0 fully saturated rings. The quantitative estimate of drug-likeness (QED) is 0.376. The Labute approximate surface area is 100 Å². The molecule has 1 N–H and O–H groups in total. The van der Waals surface area contributed by atoms with Gasteiger partial charge in [-0.25, -0.2) is 0 Å². The number of nitro benzene ring substituents is 1. The number of hydrogen-bond donors (Lipinski definition) is 1. The minimum absolute atomic E-state index is 0.0306. The third-order valence-corrected chi connectivity index (χ3v) is 2.29. The fourth-order valence-corrected chi connectivity index (χ4v) is 1.33. The summed E-state index contributed by atoms with van der Waals surface area (Å²) in [5.41, 5.74) is 0.431. The van der Waals surface area contributed by atoms with Gasteiger partial charge in [-0.3, -0.25) is 10.1 Å². The number of non-ortho nitro benzene ring substituents is 1. The molecule has 0 aliphatic rings. The topological polar surface area (TPSA) is 63.4 Å². The highest BCUT2D eigenvalue weighted by Gasteiger charge is 2.09. The standard InChI is InChI=1S/C13H15NO3/c1-2-3-4-5-9-13(15)11-7-6-8-12(10-11)14(16)17/h6-8,10,13,15H,2-4H2,1H3. The molecule has 4 nitrogen and oxygen atoms in total. The average molecular weight is 233 g/mol. The first-order valence-corrected chi connectivity index (χ1v) is 5.56. The zero-order chi connectivity index (χ0) is 12.7. The molecule has 1 unspecified atom stereocenters. The van der Waals surface area contributed by atoms with Gasteiger partial charge in [-0.2, -0.15) is 0 Å². The monoisotopic (exact) mass is 233 g/mol. The van der Waals surface area contributed by atoms with Crippen molar-refractivity contribution in [3.05, 3.63) is 39.9 Å². The number of aliphatic hydroxyl groups is 1. The maximum atomic E-state index is 10.6. The van der Waals surface area contributed by atoms with Crippen molar-refractivity contribution in [2.24, 2.45) is 0 Å². The van der Waals surface area contributed by atoms with E-state index >= 15 is 0 Å². The highest BCUT2D eigenvalue weighted by Crippen LogP contribution is 2.18. The highest BCUT2D eigenvalue weighted by atomic mass is 16.6. The summed E-state index contributed by atoms with van der Waals surface area (Å²) in [4.78, 5) is 10.1. The first-order chi connectivity index (χ1) is 8.15. The van der Waals surface area contributed by atoms with Crippen molar-refractivity contribution in [3.8, 4) is 11.8 Å². The molecule has 90 valence electrons. The summed E-state index contributed by atoms with van der Waals surface area (Å²) in [6, 6.07) is 5.91. The van der Waals surface area contributed by atoms with Crippen molar-refractivity contribution in [2.75, 3.05) is 0 Å². The first-order valence-electron chi connectivity index (χ1n) is 5.56. The van der Waals surface area contributed by atoms with Crippen LogP contribution in [0, 0.1) is 22.0 Å². The second kappa shape index (κ2) is 6.66. The van der Waals surface area contributed by atoms with Gasteiger partial charge in [0.25, 0.3) is 5.69 Å². The van der Waals surface area contributed by atoms with E-state index in [1.807, 2.05) is 0 Å². The number of rotatable bonds is 4. The number of aliphatic hydroxyl groups excluding tert-OH is 1. The maximum Gasteiger partial charge on any atom is 0.269 e. The summed E-state index contributed by atoms with van der Waals surface area (Å²) in [5.74, 6) is 5.55. The number of unbranched alkanes of at least 4 members (excludes halogenated alkanes) is 2. The van der Waals surface area contributed by atoms with Crippen LogP contribution in [0.4, 0.5) is 5.69 Å². The van der Waals surface area contributed by atoms with Crippen LogP contribution in [0.3, 0.4) is 0 Å². The van der Waals surface area contributed by atoms with Gasteiger partial charge in [0.15, 0.2) is 0 Å².